The SMILES string of the molecule is COc1ccccc1CCNCc1cc(Cl)ccc1OCc1c(F)cccc1Cl. The van der Waals surface area contributed by atoms with Crippen molar-refractivity contribution >= 4 is 23.2 Å². The van der Waals surface area contributed by atoms with Gasteiger partial charge in [0.15, 0.2) is 0 Å². The topological polar surface area (TPSA) is 30.5 Å². The van der Waals surface area contributed by atoms with Crippen LogP contribution in [0.2, 0.25) is 10.0 Å². The summed E-state index contributed by atoms with van der Waals surface area (Å²) in [4.78, 5) is 0. The molecule has 0 fully saturated rings. The average Bonchev–Trinajstić information content (AvgIpc) is 2.72. The Balaban J connectivity index is 1.61. The third kappa shape index (κ3) is 5.86. The van der Waals surface area contributed by atoms with Crippen LogP contribution in [0.4, 0.5) is 4.39 Å². The van der Waals surface area contributed by atoms with Gasteiger partial charge in [-0.05, 0) is 54.9 Å². The summed E-state index contributed by atoms with van der Waals surface area (Å²) in [6.45, 7) is 1.36. The molecule has 3 aromatic carbocycles. The van der Waals surface area contributed by atoms with E-state index in [0.717, 1.165) is 29.8 Å². The number of methoxy groups -OCH3 is 1. The van der Waals surface area contributed by atoms with E-state index in [0.29, 0.717) is 27.9 Å². The van der Waals surface area contributed by atoms with Crippen LogP contribution < -0.4 is 14.8 Å². The van der Waals surface area contributed by atoms with E-state index >= 15 is 0 Å². The van der Waals surface area contributed by atoms with Gasteiger partial charge in [0, 0.05) is 22.7 Å². The zero-order valence-electron chi connectivity index (χ0n) is 16.1. The van der Waals surface area contributed by atoms with Crippen molar-refractivity contribution in [3.05, 3.63) is 93.2 Å². The smallest absolute Gasteiger partial charge is 0.131 e. The normalized spacial score (nSPS) is 10.8. The first kappa shape index (κ1) is 21.4. The van der Waals surface area contributed by atoms with Crippen LogP contribution in [-0.2, 0) is 19.6 Å². The van der Waals surface area contributed by atoms with Crippen LogP contribution in [0, 0.1) is 5.82 Å². The van der Waals surface area contributed by atoms with Crippen LogP contribution in [0.15, 0.2) is 60.7 Å². The minimum Gasteiger partial charge on any atom is -0.496 e. The summed E-state index contributed by atoms with van der Waals surface area (Å²) in [5.41, 5.74) is 2.36. The highest BCUT2D eigenvalue weighted by Gasteiger charge is 2.10. The van der Waals surface area contributed by atoms with Crippen LogP contribution in [-0.4, -0.2) is 13.7 Å². The quantitative estimate of drug-likeness (QED) is 0.416. The molecule has 0 amide bonds. The lowest BCUT2D eigenvalue weighted by atomic mass is 10.1. The lowest BCUT2D eigenvalue weighted by Crippen LogP contribution is -2.17. The van der Waals surface area contributed by atoms with Gasteiger partial charge in [-0.15, -0.1) is 0 Å². The van der Waals surface area contributed by atoms with Crippen molar-refractivity contribution in [3.8, 4) is 11.5 Å². The van der Waals surface area contributed by atoms with E-state index in [1.54, 1.807) is 31.4 Å². The second-order valence-electron chi connectivity index (χ2n) is 6.48. The van der Waals surface area contributed by atoms with Crippen LogP contribution in [0.3, 0.4) is 0 Å². The van der Waals surface area contributed by atoms with Crippen molar-refractivity contribution in [2.45, 2.75) is 19.6 Å². The van der Waals surface area contributed by atoms with E-state index < -0.39 is 0 Å². The molecule has 3 aromatic rings. The molecule has 0 radical (unpaired) electrons. The van der Waals surface area contributed by atoms with Gasteiger partial charge in [0.2, 0.25) is 0 Å². The second-order valence-corrected chi connectivity index (χ2v) is 7.32. The maximum absolute atomic E-state index is 14.0. The molecule has 0 aromatic heterocycles. The highest BCUT2D eigenvalue weighted by molar-refractivity contribution is 6.31. The molecule has 1 N–H and O–H groups in total. The van der Waals surface area contributed by atoms with Gasteiger partial charge in [0.25, 0.3) is 0 Å². The minimum atomic E-state index is -0.386. The summed E-state index contributed by atoms with van der Waals surface area (Å²) >= 11 is 12.2. The first-order valence-corrected chi connectivity index (χ1v) is 10.0. The molecular weight excluding hydrogens is 412 g/mol. The summed E-state index contributed by atoms with van der Waals surface area (Å²) in [6, 6.07) is 17.9. The van der Waals surface area contributed by atoms with Gasteiger partial charge in [-0.2, -0.15) is 0 Å². The molecule has 0 spiro atoms. The number of ether oxygens (including phenoxy) is 2. The van der Waals surface area contributed by atoms with E-state index in [4.69, 9.17) is 32.7 Å². The molecule has 0 unspecified atom stereocenters. The van der Waals surface area contributed by atoms with Crippen molar-refractivity contribution in [2.75, 3.05) is 13.7 Å². The van der Waals surface area contributed by atoms with Crippen molar-refractivity contribution in [2.24, 2.45) is 0 Å². The van der Waals surface area contributed by atoms with Gasteiger partial charge in [0.05, 0.1) is 12.1 Å². The Morgan fingerprint density at radius 3 is 2.55 bits per heavy atom. The number of nitrogens with one attached hydrogen (secondary N) is 1. The Morgan fingerprint density at radius 2 is 1.76 bits per heavy atom. The Bertz CT molecular complexity index is 945. The predicted octanol–water partition coefficient (Wildman–Crippen LogP) is 6.05. The first-order chi connectivity index (χ1) is 14.1. The fraction of sp³-hybridized carbons (Fsp3) is 0.217. The standard InChI is InChI=1S/C23H22Cl2FNO2/c1-28-22-8-3-2-5-16(22)11-12-27-14-17-13-18(24)9-10-23(17)29-15-19-20(25)6-4-7-21(19)26/h2-10,13,27H,11-12,14-15H2,1H3. The highest BCUT2D eigenvalue weighted by atomic mass is 35.5. The molecule has 0 aliphatic rings. The second kappa shape index (κ2) is 10.5. The van der Waals surface area contributed by atoms with Crippen LogP contribution in [0.25, 0.3) is 0 Å². The monoisotopic (exact) mass is 433 g/mol. The molecule has 0 atom stereocenters. The van der Waals surface area contributed by atoms with E-state index in [9.17, 15) is 4.39 Å². The number of hydrogen-bond acceptors (Lipinski definition) is 3. The third-order valence-electron chi connectivity index (χ3n) is 4.54. The Kier molecular flexibility index (Phi) is 7.76. The molecule has 6 heteroatoms. The van der Waals surface area contributed by atoms with Crippen LogP contribution in [0.5, 0.6) is 11.5 Å². The molecule has 0 aliphatic carbocycles. The molecule has 3 rings (SSSR count). The fourth-order valence-electron chi connectivity index (χ4n) is 3.00. The van der Waals surface area contributed by atoms with E-state index in [1.165, 1.54) is 6.07 Å². The minimum absolute atomic E-state index is 0.0430. The first-order valence-electron chi connectivity index (χ1n) is 9.25. The van der Waals surface area contributed by atoms with Gasteiger partial charge in [-0.1, -0.05) is 47.5 Å². The summed E-state index contributed by atoms with van der Waals surface area (Å²) in [5.74, 6) is 1.13. The van der Waals surface area contributed by atoms with Gasteiger partial charge in [-0.25, -0.2) is 4.39 Å². The van der Waals surface area contributed by atoms with Crippen molar-refractivity contribution in [1.82, 2.24) is 5.32 Å². The van der Waals surface area contributed by atoms with E-state index in [2.05, 4.69) is 5.32 Å². The van der Waals surface area contributed by atoms with Crippen molar-refractivity contribution in [1.29, 1.82) is 0 Å². The molecule has 0 saturated heterocycles. The number of hydrogen-bond donors (Lipinski definition) is 1. The van der Waals surface area contributed by atoms with Crippen LogP contribution in [0.1, 0.15) is 16.7 Å². The predicted molar refractivity (Wildman–Crippen MR) is 116 cm³/mol. The molecule has 0 bridgehead atoms. The largest absolute Gasteiger partial charge is 0.496 e. The highest BCUT2D eigenvalue weighted by Crippen LogP contribution is 2.26. The van der Waals surface area contributed by atoms with Crippen molar-refractivity contribution < 1.29 is 13.9 Å². The Hall–Kier alpha value is -2.27. The third-order valence-corrected chi connectivity index (χ3v) is 5.12. The lowest BCUT2D eigenvalue weighted by Gasteiger charge is -2.14. The van der Waals surface area contributed by atoms with Gasteiger partial charge < -0.3 is 14.8 Å². The Labute approximate surface area is 180 Å². The zero-order valence-corrected chi connectivity index (χ0v) is 17.6. The molecule has 0 aliphatic heterocycles. The number of para-hydroxylation sites is 1. The van der Waals surface area contributed by atoms with Crippen LogP contribution >= 0.6 is 23.2 Å². The van der Waals surface area contributed by atoms with E-state index in [-0.39, 0.29) is 12.4 Å². The lowest BCUT2D eigenvalue weighted by molar-refractivity contribution is 0.296. The number of halogens is 3. The molecule has 152 valence electrons. The maximum atomic E-state index is 14.0. The molecule has 0 saturated carbocycles. The Morgan fingerprint density at radius 1 is 0.931 bits per heavy atom. The fourth-order valence-corrected chi connectivity index (χ4v) is 3.42. The van der Waals surface area contributed by atoms with Gasteiger partial charge in [0.1, 0.15) is 23.9 Å². The molecule has 3 nitrogen and oxygen atoms in total. The number of rotatable bonds is 9. The summed E-state index contributed by atoms with van der Waals surface area (Å²) in [6.07, 6.45) is 0.825. The molecular formula is C23H22Cl2FNO2. The van der Waals surface area contributed by atoms with Gasteiger partial charge >= 0.3 is 0 Å². The van der Waals surface area contributed by atoms with Crippen molar-refractivity contribution in [3.63, 3.8) is 0 Å². The summed E-state index contributed by atoms with van der Waals surface area (Å²) in [5, 5.41) is 4.35. The summed E-state index contributed by atoms with van der Waals surface area (Å²) in [7, 11) is 1.67. The van der Waals surface area contributed by atoms with Gasteiger partial charge in [-0.3, -0.25) is 0 Å². The zero-order chi connectivity index (χ0) is 20.6. The molecule has 29 heavy (non-hydrogen) atoms. The molecule has 0 heterocycles. The summed E-state index contributed by atoms with van der Waals surface area (Å²) < 4.78 is 25.2. The number of benzene rings is 3. The maximum Gasteiger partial charge on any atom is 0.131 e. The average molecular weight is 434 g/mol. The van der Waals surface area contributed by atoms with E-state index in [1.807, 2.05) is 30.3 Å².